The van der Waals surface area contributed by atoms with Gasteiger partial charge < -0.3 is 15.3 Å². The van der Waals surface area contributed by atoms with Crippen LogP contribution in [-0.2, 0) is 9.59 Å². The Morgan fingerprint density at radius 1 is 1.16 bits per heavy atom. The predicted molar refractivity (Wildman–Crippen MR) is 71.8 cm³/mol. The van der Waals surface area contributed by atoms with Crippen LogP contribution in [0.2, 0.25) is 0 Å². The molecule has 2 heterocycles. The van der Waals surface area contributed by atoms with E-state index in [1.807, 2.05) is 0 Å². The van der Waals surface area contributed by atoms with Crippen LogP contribution in [0.5, 0.6) is 0 Å². The highest BCUT2D eigenvalue weighted by Gasteiger charge is 2.32. The van der Waals surface area contributed by atoms with Crippen molar-refractivity contribution in [1.82, 2.24) is 10.2 Å². The topological polar surface area (TPSA) is 69.6 Å². The molecule has 1 amide bonds. The molecule has 0 aliphatic carbocycles. The van der Waals surface area contributed by atoms with E-state index >= 15 is 0 Å². The van der Waals surface area contributed by atoms with Crippen LogP contribution in [0.15, 0.2) is 11.1 Å². The second-order valence-corrected chi connectivity index (χ2v) is 5.58. The molecule has 19 heavy (non-hydrogen) atoms. The van der Waals surface area contributed by atoms with Gasteiger partial charge in [-0.2, -0.15) is 0 Å². The Morgan fingerprint density at radius 3 is 2.58 bits per heavy atom. The van der Waals surface area contributed by atoms with Crippen LogP contribution in [0, 0.1) is 0 Å². The quantitative estimate of drug-likeness (QED) is 0.752. The molecular weight excluding hydrogens is 244 g/mol. The maximum absolute atomic E-state index is 12.0. The third-order valence-corrected chi connectivity index (χ3v) is 4.38. The number of piperidine rings is 1. The van der Waals surface area contributed by atoms with E-state index in [1.165, 1.54) is 26.3 Å². The lowest BCUT2D eigenvalue weighted by molar-refractivity contribution is -0.133. The van der Waals surface area contributed by atoms with Crippen molar-refractivity contribution in [1.29, 1.82) is 0 Å². The highest BCUT2D eigenvalue weighted by atomic mass is 16.4. The molecule has 106 valence electrons. The normalized spacial score (nSPS) is 28.5. The highest BCUT2D eigenvalue weighted by Crippen LogP contribution is 2.26. The Morgan fingerprint density at radius 2 is 1.89 bits per heavy atom. The van der Waals surface area contributed by atoms with Gasteiger partial charge in [0.25, 0.3) is 0 Å². The van der Waals surface area contributed by atoms with Crippen molar-refractivity contribution in [2.24, 2.45) is 0 Å². The van der Waals surface area contributed by atoms with Gasteiger partial charge >= 0.3 is 5.97 Å². The maximum atomic E-state index is 12.0. The minimum atomic E-state index is -1.03. The molecule has 5 nitrogen and oxygen atoms in total. The largest absolute Gasteiger partial charge is 0.478 e. The Hall–Kier alpha value is -1.36. The predicted octanol–water partition coefficient (Wildman–Crippen LogP) is 1.15. The van der Waals surface area contributed by atoms with Gasteiger partial charge in [0.05, 0.1) is 0 Å². The number of fused-ring (bicyclic) bond motifs is 1. The summed E-state index contributed by atoms with van der Waals surface area (Å²) in [5.41, 5.74) is 0.428. The third kappa shape index (κ3) is 3.15. The van der Waals surface area contributed by atoms with Gasteiger partial charge in [0.1, 0.15) is 0 Å². The number of carboxylic acid groups (broad SMARTS) is 1. The SMILES string of the molecule is CC(C(=O)O)=C(C)C(=O)NC1CCN2CCCC2C1. The van der Waals surface area contributed by atoms with Crippen LogP contribution in [0.4, 0.5) is 0 Å². The van der Waals surface area contributed by atoms with Crippen molar-refractivity contribution < 1.29 is 14.7 Å². The van der Waals surface area contributed by atoms with Crippen LogP contribution < -0.4 is 5.32 Å². The molecule has 0 aromatic carbocycles. The molecule has 2 rings (SSSR count). The van der Waals surface area contributed by atoms with E-state index in [9.17, 15) is 9.59 Å². The van der Waals surface area contributed by atoms with Gasteiger partial charge in [0.2, 0.25) is 5.91 Å². The number of amides is 1. The van der Waals surface area contributed by atoms with Crippen LogP contribution in [0.25, 0.3) is 0 Å². The number of carboxylic acids is 1. The zero-order valence-electron chi connectivity index (χ0n) is 11.6. The Labute approximate surface area is 113 Å². The number of hydrogen-bond donors (Lipinski definition) is 2. The summed E-state index contributed by atoms with van der Waals surface area (Å²) >= 11 is 0. The maximum Gasteiger partial charge on any atom is 0.331 e. The first-order chi connectivity index (χ1) is 8.99. The van der Waals surface area contributed by atoms with Crippen LogP contribution in [0.1, 0.15) is 39.5 Å². The van der Waals surface area contributed by atoms with E-state index in [0.717, 1.165) is 19.4 Å². The fraction of sp³-hybridized carbons (Fsp3) is 0.714. The fourth-order valence-corrected chi connectivity index (χ4v) is 2.98. The average molecular weight is 266 g/mol. The second kappa shape index (κ2) is 5.74. The van der Waals surface area contributed by atoms with Gasteiger partial charge in [0.15, 0.2) is 0 Å². The summed E-state index contributed by atoms with van der Waals surface area (Å²) in [5, 5.41) is 11.9. The molecule has 2 N–H and O–H groups in total. The molecular formula is C14H22N2O3. The van der Waals surface area contributed by atoms with Gasteiger partial charge in [-0.25, -0.2) is 4.79 Å². The molecule has 0 radical (unpaired) electrons. The lowest BCUT2D eigenvalue weighted by atomic mass is 9.97. The van der Waals surface area contributed by atoms with Crippen molar-refractivity contribution in [3.8, 4) is 0 Å². The number of nitrogens with one attached hydrogen (secondary N) is 1. The molecule has 2 atom stereocenters. The first kappa shape index (κ1) is 14.1. The minimum absolute atomic E-state index is 0.121. The first-order valence-corrected chi connectivity index (χ1v) is 6.94. The van der Waals surface area contributed by atoms with E-state index in [2.05, 4.69) is 10.2 Å². The summed E-state index contributed by atoms with van der Waals surface area (Å²) < 4.78 is 0. The van der Waals surface area contributed by atoms with E-state index in [-0.39, 0.29) is 17.5 Å². The van der Waals surface area contributed by atoms with Crippen molar-refractivity contribution >= 4 is 11.9 Å². The summed E-state index contributed by atoms with van der Waals surface area (Å²) in [7, 11) is 0. The smallest absolute Gasteiger partial charge is 0.331 e. The first-order valence-electron chi connectivity index (χ1n) is 6.94. The summed E-state index contributed by atoms with van der Waals surface area (Å²) in [6, 6.07) is 0.785. The molecule has 0 aromatic heterocycles. The molecule has 0 spiro atoms. The van der Waals surface area contributed by atoms with Crippen molar-refractivity contribution in [3.05, 3.63) is 11.1 Å². The number of aliphatic carboxylic acids is 1. The number of hydrogen-bond acceptors (Lipinski definition) is 3. The summed E-state index contributed by atoms with van der Waals surface area (Å²) in [6.45, 7) is 5.26. The molecule has 5 heteroatoms. The monoisotopic (exact) mass is 266 g/mol. The molecule has 2 fully saturated rings. The zero-order valence-corrected chi connectivity index (χ0v) is 11.6. The van der Waals surface area contributed by atoms with Crippen LogP contribution in [0.3, 0.4) is 0 Å². The van der Waals surface area contributed by atoms with Crippen molar-refractivity contribution in [2.75, 3.05) is 13.1 Å². The molecule has 0 aromatic rings. The average Bonchev–Trinajstić information content (AvgIpc) is 2.84. The van der Waals surface area contributed by atoms with Gasteiger partial charge in [-0.1, -0.05) is 0 Å². The Bertz CT molecular complexity index is 417. The molecule has 0 bridgehead atoms. The minimum Gasteiger partial charge on any atom is -0.478 e. The number of carbonyl (C=O) groups excluding carboxylic acids is 1. The van der Waals surface area contributed by atoms with E-state index in [0.29, 0.717) is 11.6 Å². The Kier molecular flexibility index (Phi) is 4.24. The van der Waals surface area contributed by atoms with Crippen LogP contribution in [-0.4, -0.2) is 47.1 Å². The fourth-order valence-electron chi connectivity index (χ4n) is 2.98. The molecule has 2 saturated heterocycles. The molecule has 2 aliphatic heterocycles. The second-order valence-electron chi connectivity index (χ2n) is 5.58. The molecule has 2 aliphatic rings. The summed E-state index contributed by atoms with van der Waals surface area (Å²) in [6.07, 6.45) is 4.42. The third-order valence-electron chi connectivity index (χ3n) is 4.38. The lowest BCUT2D eigenvalue weighted by Crippen LogP contribution is -2.47. The summed E-state index contributed by atoms with van der Waals surface area (Å²) in [5.74, 6) is -1.27. The summed E-state index contributed by atoms with van der Waals surface area (Å²) in [4.78, 5) is 25.3. The van der Waals surface area contributed by atoms with Crippen LogP contribution >= 0.6 is 0 Å². The van der Waals surface area contributed by atoms with Gasteiger partial charge in [-0.3, -0.25) is 4.79 Å². The molecule has 2 unspecified atom stereocenters. The Balaban J connectivity index is 1.93. The van der Waals surface area contributed by atoms with E-state index in [4.69, 9.17) is 5.11 Å². The van der Waals surface area contributed by atoms with Gasteiger partial charge in [-0.05, 0) is 46.1 Å². The zero-order chi connectivity index (χ0) is 14.0. The highest BCUT2D eigenvalue weighted by molar-refractivity contribution is 6.01. The molecule has 0 saturated carbocycles. The number of nitrogens with zero attached hydrogens (tertiary/aromatic N) is 1. The lowest BCUT2D eigenvalue weighted by Gasteiger charge is -2.35. The van der Waals surface area contributed by atoms with Crippen molar-refractivity contribution in [2.45, 2.75) is 51.6 Å². The standard InChI is InChI=1S/C14H22N2O3/c1-9(10(2)14(18)19)13(17)15-11-5-7-16-6-3-4-12(16)8-11/h11-12H,3-8H2,1-2H3,(H,15,17)(H,18,19). The van der Waals surface area contributed by atoms with Gasteiger partial charge in [0, 0.05) is 29.8 Å². The number of rotatable bonds is 3. The van der Waals surface area contributed by atoms with Crippen molar-refractivity contribution in [3.63, 3.8) is 0 Å². The number of carbonyl (C=O) groups is 2. The van der Waals surface area contributed by atoms with Gasteiger partial charge in [-0.15, -0.1) is 0 Å². The van der Waals surface area contributed by atoms with E-state index in [1.54, 1.807) is 6.92 Å². The van der Waals surface area contributed by atoms with E-state index < -0.39 is 5.97 Å².